The highest BCUT2D eigenvalue weighted by molar-refractivity contribution is 7.92. The predicted molar refractivity (Wildman–Crippen MR) is 89.5 cm³/mol. The Labute approximate surface area is 137 Å². The Balaban J connectivity index is 2.23. The van der Waals surface area contributed by atoms with Gasteiger partial charge in [-0.2, -0.15) is 5.26 Å². The minimum absolute atomic E-state index is 0.237. The summed E-state index contributed by atoms with van der Waals surface area (Å²) in [6.07, 6.45) is 2.88. The molecule has 0 aromatic heterocycles. The van der Waals surface area contributed by atoms with Crippen LogP contribution in [0.2, 0.25) is 0 Å². The molecular weight excluding hydrogens is 306 g/mol. The molecule has 1 unspecified atom stereocenters. The fourth-order valence-corrected chi connectivity index (χ4v) is 5.88. The van der Waals surface area contributed by atoms with Crippen LogP contribution in [0.25, 0.3) is 0 Å². The minimum Gasteiger partial charge on any atom is -0.223 e. The van der Waals surface area contributed by atoms with Crippen LogP contribution in [0.3, 0.4) is 0 Å². The molecule has 3 rings (SSSR count). The maximum atomic E-state index is 13.5. The summed E-state index contributed by atoms with van der Waals surface area (Å²) < 4.78 is 25.9. The average molecular weight is 325 g/mol. The van der Waals surface area contributed by atoms with Gasteiger partial charge < -0.3 is 0 Å². The summed E-state index contributed by atoms with van der Waals surface area (Å²) in [6, 6.07) is 18.5. The van der Waals surface area contributed by atoms with Gasteiger partial charge in [-0.25, -0.2) is 8.42 Å². The van der Waals surface area contributed by atoms with Crippen molar-refractivity contribution in [3.63, 3.8) is 0 Å². The Kier molecular flexibility index (Phi) is 4.23. The summed E-state index contributed by atoms with van der Waals surface area (Å²) in [6.45, 7) is 0. The summed E-state index contributed by atoms with van der Waals surface area (Å²) in [4.78, 5) is 0.342. The monoisotopic (exact) mass is 325 g/mol. The summed E-state index contributed by atoms with van der Waals surface area (Å²) in [5.74, 6) is 0. The Hall–Kier alpha value is -2.12. The predicted octanol–water partition coefficient (Wildman–Crippen LogP) is 4.00. The summed E-state index contributed by atoms with van der Waals surface area (Å²) in [5.41, 5.74) is 1.97. The lowest BCUT2D eigenvalue weighted by Crippen LogP contribution is -2.39. The van der Waals surface area contributed by atoms with E-state index < -0.39 is 14.6 Å². The number of rotatable bonds is 4. The summed E-state index contributed by atoms with van der Waals surface area (Å²) in [5, 5.41) is 9.05. The van der Waals surface area contributed by atoms with Gasteiger partial charge in [-0.15, -0.1) is 0 Å². The number of aryl methyl sites for hydroxylation is 1. The van der Waals surface area contributed by atoms with Crippen LogP contribution in [-0.2, 0) is 21.0 Å². The van der Waals surface area contributed by atoms with Crippen molar-refractivity contribution in [3.8, 4) is 6.07 Å². The van der Waals surface area contributed by atoms with E-state index in [-0.39, 0.29) is 6.42 Å². The van der Waals surface area contributed by atoms with E-state index in [1.54, 1.807) is 24.3 Å². The van der Waals surface area contributed by atoms with E-state index in [9.17, 15) is 8.42 Å². The highest BCUT2D eigenvalue weighted by Gasteiger charge is 2.47. The van der Waals surface area contributed by atoms with Crippen LogP contribution in [0.5, 0.6) is 0 Å². The maximum Gasteiger partial charge on any atom is 0.188 e. The van der Waals surface area contributed by atoms with Gasteiger partial charge in [0.2, 0.25) is 0 Å². The van der Waals surface area contributed by atoms with E-state index in [2.05, 4.69) is 6.07 Å². The second-order valence-electron chi connectivity index (χ2n) is 5.98. The zero-order chi connectivity index (χ0) is 16.3. The standard InChI is InChI=1S/C19H19NO2S/c20-15-7-14-19(23(21,22)17-10-2-1-3-11-17)13-6-9-16-8-4-5-12-18(16)19/h1-5,8,10-12H,6-7,9,13-14H2. The first kappa shape index (κ1) is 15.8. The minimum atomic E-state index is -3.56. The van der Waals surface area contributed by atoms with Crippen LogP contribution in [0, 0.1) is 11.3 Å². The molecule has 1 aliphatic rings. The van der Waals surface area contributed by atoms with Crippen molar-refractivity contribution in [1.82, 2.24) is 0 Å². The largest absolute Gasteiger partial charge is 0.223 e. The van der Waals surface area contributed by atoms with Gasteiger partial charge in [0, 0.05) is 6.42 Å². The van der Waals surface area contributed by atoms with E-state index in [0.29, 0.717) is 17.7 Å². The topological polar surface area (TPSA) is 57.9 Å². The van der Waals surface area contributed by atoms with E-state index in [0.717, 1.165) is 24.0 Å². The molecule has 0 fully saturated rings. The molecule has 0 spiro atoms. The van der Waals surface area contributed by atoms with Crippen molar-refractivity contribution in [2.45, 2.75) is 41.7 Å². The molecule has 1 atom stereocenters. The quantitative estimate of drug-likeness (QED) is 0.854. The molecule has 0 saturated carbocycles. The van der Waals surface area contributed by atoms with Gasteiger partial charge in [0.1, 0.15) is 4.75 Å². The average Bonchev–Trinajstić information content (AvgIpc) is 2.60. The summed E-state index contributed by atoms with van der Waals surface area (Å²) in [7, 11) is -3.56. The SMILES string of the molecule is N#CCCC1(S(=O)(=O)c2ccccc2)CCCc2ccccc21. The molecule has 2 aromatic rings. The Morgan fingerprint density at radius 3 is 2.48 bits per heavy atom. The second kappa shape index (κ2) is 6.17. The van der Waals surface area contributed by atoms with Gasteiger partial charge in [-0.05, 0) is 48.9 Å². The molecule has 0 N–H and O–H groups in total. The zero-order valence-corrected chi connectivity index (χ0v) is 13.7. The van der Waals surface area contributed by atoms with Crippen molar-refractivity contribution >= 4 is 9.84 Å². The molecule has 0 bridgehead atoms. The third-order valence-electron chi connectivity index (χ3n) is 4.74. The van der Waals surface area contributed by atoms with Crippen LogP contribution in [0.15, 0.2) is 59.5 Å². The Morgan fingerprint density at radius 1 is 1.04 bits per heavy atom. The van der Waals surface area contributed by atoms with Gasteiger partial charge >= 0.3 is 0 Å². The van der Waals surface area contributed by atoms with Crippen LogP contribution in [0.1, 0.15) is 36.8 Å². The molecule has 0 heterocycles. The number of benzene rings is 2. The number of sulfone groups is 1. The van der Waals surface area contributed by atoms with Gasteiger partial charge in [0.15, 0.2) is 9.84 Å². The molecule has 23 heavy (non-hydrogen) atoms. The lowest BCUT2D eigenvalue weighted by atomic mass is 9.79. The molecule has 118 valence electrons. The fraction of sp³-hybridized carbons (Fsp3) is 0.316. The van der Waals surface area contributed by atoms with E-state index >= 15 is 0 Å². The van der Waals surface area contributed by atoms with E-state index in [1.807, 2.05) is 30.3 Å². The third-order valence-corrected chi connectivity index (χ3v) is 7.29. The first-order chi connectivity index (χ1) is 11.1. The van der Waals surface area contributed by atoms with Crippen LogP contribution >= 0.6 is 0 Å². The second-order valence-corrected chi connectivity index (χ2v) is 8.24. The van der Waals surface area contributed by atoms with Gasteiger partial charge in [0.05, 0.1) is 11.0 Å². The number of hydrogen-bond donors (Lipinski definition) is 0. The fourth-order valence-electron chi connectivity index (χ4n) is 3.64. The lowest BCUT2D eigenvalue weighted by molar-refractivity contribution is 0.435. The third kappa shape index (κ3) is 2.55. The van der Waals surface area contributed by atoms with E-state index in [4.69, 9.17) is 5.26 Å². The van der Waals surface area contributed by atoms with Crippen LogP contribution in [-0.4, -0.2) is 8.42 Å². The van der Waals surface area contributed by atoms with Crippen LogP contribution in [0.4, 0.5) is 0 Å². The molecule has 0 saturated heterocycles. The van der Waals surface area contributed by atoms with E-state index in [1.165, 1.54) is 0 Å². The molecule has 0 aliphatic heterocycles. The number of fused-ring (bicyclic) bond motifs is 1. The lowest BCUT2D eigenvalue weighted by Gasteiger charge is -2.38. The Bertz CT molecular complexity index is 837. The molecule has 1 aliphatic carbocycles. The van der Waals surface area contributed by atoms with Crippen molar-refractivity contribution in [2.75, 3.05) is 0 Å². The smallest absolute Gasteiger partial charge is 0.188 e. The van der Waals surface area contributed by atoms with Crippen LogP contribution < -0.4 is 0 Å². The van der Waals surface area contributed by atoms with Gasteiger partial charge in [-0.3, -0.25) is 0 Å². The maximum absolute atomic E-state index is 13.5. The van der Waals surface area contributed by atoms with Crippen molar-refractivity contribution in [1.29, 1.82) is 5.26 Å². The number of nitriles is 1. The van der Waals surface area contributed by atoms with Gasteiger partial charge in [0.25, 0.3) is 0 Å². The highest BCUT2D eigenvalue weighted by Crippen LogP contribution is 2.47. The zero-order valence-electron chi connectivity index (χ0n) is 12.9. The first-order valence-corrected chi connectivity index (χ1v) is 9.35. The normalized spacial score (nSPS) is 20.5. The van der Waals surface area contributed by atoms with Crippen molar-refractivity contribution in [2.24, 2.45) is 0 Å². The van der Waals surface area contributed by atoms with Gasteiger partial charge in [-0.1, -0.05) is 42.5 Å². The Morgan fingerprint density at radius 2 is 1.74 bits per heavy atom. The highest BCUT2D eigenvalue weighted by atomic mass is 32.2. The van der Waals surface area contributed by atoms with Crippen molar-refractivity contribution < 1.29 is 8.42 Å². The first-order valence-electron chi connectivity index (χ1n) is 7.87. The number of hydrogen-bond acceptors (Lipinski definition) is 3. The summed E-state index contributed by atoms with van der Waals surface area (Å²) >= 11 is 0. The van der Waals surface area contributed by atoms with Crippen molar-refractivity contribution in [3.05, 3.63) is 65.7 Å². The molecule has 0 amide bonds. The molecule has 0 radical (unpaired) electrons. The number of nitrogens with zero attached hydrogens (tertiary/aromatic N) is 1. The molecule has 3 nitrogen and oxygen atoms in total. The molecule has 2 aromatic carbocycles. The molecular formula is C19H19NO2S. The molecule has 4 heteroatoms.